The summed E-state index contributed by atoms with van der Waals surface area (Å²) >= 11 is 13.5. The summed E-state index contributed by atoms with van der Waals surface area (Å²) < 4.78 is 11.0. The molecule has 1 heterocycles. The van der Waals surface area contributed by atoms with E-state index in [1.807, 2.05) is 42.5 Å². The molecule has 0 aliphatic rings. The molecule has 1 amide bonds. The van der Waals surface area contributed by atoms with E-state index in [0.717, 1.165) is 10.3 Å². The van der Waals surface area contributed by atoms with Gasteiger partial charge in [0.1, 0.15) is 5.58 Å². The van der Waals surface area contributed by atoms with Crippen LogP contribution in [0.3, 0.4) is 0 Å². The van der Waals surface area contributed by atoms with Crippen molar-refractivity contribution in [2.45, 2.75) is 10.6 Å². The average molecular weight is 486 g/mol. The number of rotatable bonds is 7. The van der Waals surface area contributed by atoms with E-state index >= 15 is 0 Å². The van der Waals surface area contributed by atoms with Gasteiger partial charge in [-0.3, -0.25) is 4.79 Å². The summed E-state index contributed by atoms with van der Waals surface area (Å²) in [6.45, 7) is -0.467. The van der Waals surface area contributed by atoms with Gasteiger partial charge in [-0.05, 0) is 42.5 Å². The molecule has 0 bridgehead atoms. The molecule has 0 atom stereocenters. The van der Waals surface area contributed by atoms with Gasteiger partial charge >= 0.3 is 5.97 Å². The zero-order valence-corrected chi connectivity index (χ0v) is 19.0. The second-order valence-electron chi connectivity index (χ2n) is 6.75. The molecule has 0 spiro atoms. The zero-order valence-electron chi connectivity index (χ0n) is 16.6. The highest BCUT2D eigenvalue weighted by molar-refractivity contribution is 7.98. The molecule has 0 aliphatic heterocycles. The van der Waals surface area contributed by atoms with Crippen LogP contribution in [0.2, 0.25) is 10.0 Å². The number of halogens is 2. The average Bonchev–Trinajstić information content (AvgIpc) is 3.17. The molecule has 1 N–H and O–H groups in total. The van der Waals surface area contributed by atoms with Gasteiger partial charge in [0.2, 0.25) is 5.76 Å². The molecule has 0 radical (unpaired) electrons. The number of ether oxygens (including phenoxy) is 1. The molecule has 0 fully saturated rings. The van der Waals surface area contributed by atoms with Crippen molar-refractivity contribution >= 4 is 63.5 Å². The van der Waals surface area contributed by atoms with Gasteiger partial charge in [-0.15, -0.1) is 11.8 Å². The van der Waals surface area contributed by atoms with Crippen LogP contribution in [-0.4, -0.2) is 18.5 Å². The summed E-state index contributed by atoms with van der Waals surface area (Å²) in [5.41, 5.74) is 1.72. The van der Waals surface area contributed by atoms with Crippen LogP contribution in [-0.2, 0) is 15.3 Å². The Labute approximate surface area is 198 Å². The van der Waals surface area contributed by atoms with Gasteiger partial charge in [0.25, 0.3) is 5.91 Å². The minimum Gasteiger partial charge on any atom is -0.450 e. The number of nitrogens with one attached hydrogen (secondary N) is 1. The maximum atomic E-state index is 12.8. The molecule has 3 aromatic carbocycles. The normalized spacial score (nSPS) is 10.8. The van der Waals surface area contributed by atoms with Gasteiger partial charge < -0.3 is 14.5 Å². The van der Waals surface area contributed by atoms with Gasteiger partial charge in [0, 0.05) is 26.6 Å². The lowest BCUT2D eigenvalue weighted by Gasteiger charge is -2.08. The second-order valence-corrected chi connectivity index (χ2v) is 8.65. The first-order chi connectivity index (χ1) is 15.5. The van der Waals surface area contributed by atoms with Crippen LogP contribution in [0.4, 0.5) is 5.69 Å². The third-order valence-corrected chi connectivity index (χ3v) is 6.18. The number of hydrogen-bond donors (Lipinski definition) is 1. The molecule has 4 rings (SSSR count). The molecule has 162 valence electrons. The minimum atomic E-state index is -0.706. The number of furan rings is 1. The Bertz CT molecular complexity index is 1270. The summed E-state index contributed by atoms with van der Waals surface area (Å²) in [6, 6.07) is 21.6. The number of benzene rings is 3. The van der Waals surface area contributed by atoms with Crippen LogP contribution in [0.15, 0.2) is 82.1 Å². The lowest BCUT2D eigenvalue weighted by atomic mass is 10.1. The zero-order chi connectivity index (χ0) is 22.5. The van der Waals surface area contributed by atoms with Crippen molar-refractivity contribution in [3.8, 4) is 0 Å². The van der Waals surface area contributed by atoms with Gasteiger partial charge in [-0.25, -0.2) is 4.79 Å². The Balaban J connectivity index is 1.48. The lowest BCUT2D eigenvalue weighted by Crippen LogP contribution is -2.21. The highest BCUT2D eigenvalue weighted by atomic mass is 35.5. The fraction of sp³-hybridized carbons (Fsp3) is 0.0833. The van der Waals surface area contributed by atoms with E-state index in [2.05, 4.69) is 5.32 Å². The number of hydrogen-bond acceptors (Lipinski definition) is 5. The lowest BCUT2D eigenvalue weighted by molar-refractivity contribution is -0.119. The quantitative estimate of drug-likeness (QED) is 0.229. The number of anilines is 1. The molecule has 0 unspecified atom stereocenters. The molecular formula is C24H17Cl2NO4S. The number of carbonyl (C=O) groups is 2. The molecule has 4 aromatic rings. The topological polar surface area (TPSA) is 68.5 Å². The minimum absolute atomic E-state index is 0.0817. The molecule has 0 saturated heterocycles. The molecule has 0 saturated carbocycles. The first-order valence-corrected chi connectivity index (χ1v) is 11.4. The van der Waals surface area contributed by atoms with Gasteiger partial charge in [-0.2, -0.15) is 0 Å². The number of fused-ring (bicyclic) bond motifs is 1. The largest absolute Gasteiger partial charge is 0.450 e. The summed E-state index contributed by atoms with van der Waals surface area (Å²) in [4.78, 5) is 26.0. The maximum absolute atomic E-state index is 12.8. The van der Waals surface area contributed by atoms with Crippen LogP contribution in [0, 0.1) is 0 Å². The fourth-order valence-corrected chi connectivity index (χ4v) is 4.27. The number of para-hydroxylation sites is 2. The molecule has 0 aliphatic carbocycles. The summed E-state index contributed by atoms with van der Waals surface area (Å²) in [5.74, 6) is -0.644. The van der Waals surface area contributed by atoms with Crippen molar-refractivity contribution in [1.82, 2.24) is 0 Å². The van der Waals surface area contributed by atoms with Crippen molar-refractivity contribution in [2.75, 3.05) is 11.9 Å². The van der Waals surface area contributed by atoms with Gasteiger partial charge in [-0.1, -0.05) is 53.5 Å². The summed E-state index contributed by atoms with van der Waals surface area (Å²) in [7, 11) is 0. The third kappa shape index (κ3) is 5.27. The van der Waals surface area contributed by atoms with Crippen molar-refractivity contribution in [3.05, 3.63) is 94.2 Å². The Morgan fingerprint density at radius 1 is 0.938 bits per heavy atom. The van der Waals surface area contributed by atoms with E-state index in [1.54, 1.807) is 42.1 Å². The molecular weight excluding hydrogens is 469 g/mol. The van der Waals surface area contributed by atoms with Gasteiger partial charge in [0.15, 0.2) is 6.61 Å². The van der Waals surface area contributed by atoms with Crippen LogP contribution in [0.1, 0.15) is 16.1 Å². The maximum Gasteiger partial charge on any atom is 0.375 e. The van der Waals surface area contributed by atoms with E-state index in [9.17, 15) is 9.59 Å². The SMILES string of the molecule is O=C(COC(=O)c1oc2ccccc2c1CSc1ccc(Cl)cc1)Nc1ccccc1Cl. The molecule has 8 heteroatoms. The van der Waals surface area contributed by atoms with Crippen LogP contribution >= 0.6 is 35.0 Å². The fourth-order valence-electron chi connectivity index (χ4n) is 3.04. The number of amides is 1. The Kier molecular flexibility index (Phi) is 7.05. The first-order valence-electron chi connectivity index (χ1n) is 9.61. The van der Waals surface area contributed by atoms with E-state index in [1.165, 1.54) is 0 Å². The van der Waals surface area contributed by atoms with Crippen LogP contribution in [0.5, 0.6) is 0 Å². The Hall–Kier alpha value is -2.93. The van der Waals surface area contributed by atoms with E-state index in [0.29, 0.717) is 32.6 Å². The van der Waals surface area contributed by atoms with Crippen molar-refractivity contribution in [3.63, 3.8) is 0 Å². The van der Waals surface area contributed by atoms with Crippen LogP contribution in [0.25, 0.3) is 11.0 Å². The number of carbonyl (C=O) groups excluding carboxylic acids is 2. The third-order valence-electron chi connectivity index (χ3n) is 4.56. The highest BCUT2D eigenvalue weighted by Crippen LogP contribution is 2.33. The standard InChI is InChI=1S/C24H17Cl2NO4S/c25-15-9-11-16(12-10-15)32-14-18-17-5-1-4-8-21(17)31-23(18)24(29)30-13-22(28)27-20-7-3-2-6-19(20)26/h1-12H,13-14H2,(H,27,28). The Morgan fingerprint density at radius 2 is 1.66 bits per heavy atom. The van der Waals surface area contributed by atoms with E-state index in [-0.39, 0.29) is 5.76 Å². The van der Waals surface area contributed by atoms with Crippen molar-refractivity contribution < 1.29 is 18.7 Å². The predicted octanol–water partition coefficient (Wildman–Crippen LogP) is 6.83. The molecule has 1 aromatic heterocycles. The second kappa shape index (κ2) is 10.1. The van der Waals surface area contributed by atoms with Crippen molar-refractivity contribution in [1.29, 1.82) is 0 Å². The van der Waals surface area contributed by atoms with Crippen molar-refractivity contribution in [2.24, 2.45) is 0 Å². The smallest absolute Gasteiger partial charge is 0.375 e. The van der Waals surface area contributed by atoms with E-state index in [4.69, 9.17) is 32.4 Å². The molecule has 5 nitrogen and oxygen atoms in total. The summed E-state index contributed by atoms with van der Waals surface area (Å²) in [6.07, 6.45) is 0. The number of esters is 1. The number of thioether (sulfide) groups is 1. The monoisotopic (exact) mass is 485 g/mol. The first kappa shape index (κ1) is 22.3. The highest BCUT2D eigenvalue weighted by Gasteiger charge is 2.23. The molecule has 32 heavy (non-hydrogen) atoms. The Morgan fingerprint density at radius 3 is 2.44 bits per heavy atom. The van der Waals surface area contributed by atoms with Crippen LogP contribution < -0.4 is 5.32 Å². The predicted molar refractivity (Wildman–Crippen MR) is 128 cm³/mol. The summed E-state index contributed by atoms with van der Waals surface area (Å²) in [5, 5.41) is 4.49. The van der Waals surface area contributed by atoms with E-state index < -0.39 is 18.5 Å². The van der Waals surface area contributed by atoms with Gasteiger partial charge in [0.05, 0.1) is 10.7 Å².